The third-order valence-electron chi connectivity index (χ3n) is 6.79. The molecule has 3 atom stereocenters. The number of allylic oxidation sites excluding steroid dienone is 2. The highest BCUT2D eigenvalue weighted by Gasteiger charge is 2.43. The largest absolute Gasteiger partial charge is 0.350 e. The Balaban J connectivity index is 1.29. The van der Waals surface area contributed by atoms with Crippen LogP contribution in [0.2, 0.25) is 0 Å². The van der Waals surface area contributed by atoms with Gasteiger partial charge in [0.15, 0.2) is 0 Å². The lowest BCUT2D eigenvalue weighted by Crippen LogP contribution is -2.65. The first-order valence-electron chi connectivity index (χ1n) is 10.6. The van der Waals surface area contributed by atoms with Gasteiger partial charge in [-0.1, -0.05) is 18.2 Å². The van der Waals surface area contributed by atoms with E-state index in [4.69, 9.17) is 0 Å². The Morgan fingerprint density at radius 3 is 2.55 bits per heavy atom. The standard InChI is InChI=1S/C23H26FN3O2/c24-19-7-4-8-20-18(19)12-21(25-20)23(29)27-14-16-9-10-17(27)13-26(16)22(28)11-15-5-2-1-3-6-15/h1-2,4,7-8,12,15-17,25H,3,5-6,9-11,13-14H2/t15-,16?,17?/m1/s1. The van der Waals surface area contributed by atoms with E-state index in [1.165, 1.54) is 6.07 Å². The number of hydrogen-bond acceptors (Lipinski definition) is 2. The van der Waals surface area contributed by atoms with Gasteiger partial charge in [0.25, 0.3) is 5.91 Å². The zero-order valence-electron chi connectivity index (χ0n) is 16.4. The molecule has 4 aliphatic rings. The maximum atomic E-state index is 14.0. The second-order valence-electron chi connectivity index (χ2n) is 8.63. The lowest BCUT2D eigenvalue weighted by atomic mass is 9.87. The van der Waals surface area contributed by atoms with Crippen LogP contribution in [0.1, 0.15) is 49.0 Å². The average Bonchev–Trinajstić information content (AvgIpc) is 3.20. The van der Waals surface area contributed by atoms with E-state index in [1.54, 1.807) is 18.2 Å². The summed E-state index contributed by atoms with van der Waals surface area (Å²) in [6.45, 7) is 1.18. The summed E-state index contributed by atoms with van der Waals surface area (Å²) in [5.74, 6) is 0.263. The van der Waals surface area contributed by atoms with Gasteiger partial charge in [-0.3, -0.25) is 9.59 Å². The molecular weight excluding hydrogens is 369 g/mol. The van der Waals surface area contributed by atoms with Crippen molar-refractivity contribution in [1.82, 2.24) is 14.8 Å². The molecule has 0 saturated carbocycles. The van der Waals surface area contributed by atoms with E-state index >= 15 is 0 Å². The lowest BCUT2D eigenvalue weighted by Gasteiger charge is -2.51. The summed E-state index contributed by atoms with van der Waals surface area (Å²) in [5, 5.41) is 0.441. The van der Waals surface area contributed by atoms with Crippen LogP contribution in [0.15, 0.2) is 36.4 Å². The fourth-order valence-electron chi connectivity index (χ4n) is 5.18. The number of nitrogens with one attached hydrogen (secondary N) is 1. The molecule has 1 aromatic carbocycles. The van der Waals surface area contributed by atoms with Crippen LogP contribution >= 0.6 is 0 Å². The smallest absolute Gasteiger partial charge is 0.270 e. The third-order valence-corrected chi connectivity index (χ3v) is 6.79. The highest BCUT2D eigenvalue weighted by atomic mass is 19.1. The predicted octanol–water partition coefficient (Wildman–Crippen LogP) is 3.87. The minimum atomic E-state index is -0.327. The molecule has 29 heavy (non-hydrogen) atoms. The Kier molecular flexibility index (Phi) is 4.64. The van der Waals surface area contributed by atoms with E-state index in [9.17, 15) is 14.0 Å². The molecule has 4 heterocycles. The van der Waals surface area contributed by atoms with Gasteiger partial charge in [0, 0.05) is 42.5 Å². The molecule has 0 spiro atoms. The van der Waals surface area contributed by atoms with Crippen LogP contribution in [-0.2, 0) is 4.79 Å². The van der Waals surface area contributed by atoms with E-state index in [1.807, 2.05) is 9.80 Å². The minimum absolute atomic E-state index is 0.0407. The fourth-order valence-corrected chi connectivity index (χ4v) is 5.18. The average molecular weight is 395 g/mol. The molecule has 6 rings (SSSR count). The van der Waals surface area contributed by atoms with Crippen LogP contribution in [0.5, 0.6) is 0 Å². The van der Waals surface area contributed by atoms with E-state index in [0.717, 1.165) is 32.1 Å². The number of hydrogen-bond donors (Lipinski definition) is 1. The van der Waals surface area contributed by atoms with Crippen molar-refractivity contribution in [2.24, 2.45) is 5.92 Å². The van der Waals surface area contributed by atoms with Crippen molar-refractivity contribution >= 4 is 22.7 Å². The zero-order valence-corrected chi connectivity index (χ0v) is 16.4. The van der Waals surface area contributed by atoms with Crippen LogP contribution in [-0.4, -0.2) is 51.8 Å². The van der Waals surface area contributed by atoms with Crippen molar-refractivity contribution in [1.29, 1.82) is 0 Å². The van der Waals surface area contributed by atoms with Gasteiger partial charge in [-0.25, -0.2) is 4.39 Å². The second-order valence-corrected chi connectivity index (χ2v) is 8.63. The number of carbonyl (C=O) groups excluding carboxylic acids is 2. The first-order valence-corrected chi connectivity index (χ1v) is 10.6. The first kappa shape index (κ1) is 18.4. The van der Waals surface area contributed by atoms with Gasteiger partial charge >= 0.3 is 0 Å². The van der Waals surface area contributed by atoms with Crippen molar-refractivity contribution in [3.8, 4) is 0 Å². The summed E-state index contributed by atoms with van der Waals surface area (Å²) in [6.07, 6.45) is 10.0. The number of piperazine rings is 1. The van der Waals surface area contributed by atoms with Gasteiger partial charge in [-0.2, -0.15) is 0 Å². The summed E-state index contributed by atoms with van der Waals surface area (Å²) in [6, 6.07) is 6.55. The second kappa shape index (κ2) is 7.32. The Hall–Kier alpha value is -2.63. The van der Waals surface area contributed by atoms with Crippen LogP contribution in [0.3, 0.4) is 0 Å². The molecular formula is C23H26FN3O2. The topological polar surface area (TPSA) is 56.4 Å². The number of amides is 2. The molecule has 1 aliphatic carbocycles. The van der Waals surface area contributed by atoms with E-state index < -0.39 is 0 Å². The first-order chi connectivity index (χ1) is 14.1. The molecule has 1 N–H and O–H groups in total. The van der Waals surface area contributed by atoms with Gasteiger partial charge in [-0.05, 0) is 56.2 Å². The molecule has 6 heteroatoms. The highest BCUT2D eigenvalue weighted by molar-refractivity contribution is 5.98. The van der Waals surface area contributed by atoms with Crippen LogP contribution < -0.4 is 0 Å². The molecule has 5 nitrogen and oxygen atoms in total. The summed E-state index contributed by atoms with van der Waals surface area (Å²) in [7, 11) is 0. The molecule has 3 aliphatic heterocycles. The van der Waals surface area contributed by atoms with Crippen LogP contribution in [0.25, 0.3) is 10.9 Å². The molecule has 2 amide bonds. The number of H-pyrrole nitrogens is 1. The number of carbonyl (C=O) groups is 2. The van der Waals surface area contributed by atoms with Gasteiger partial charge in [0.1, 0.15) is 11.5 Å². The number of rotatable bonds is 3. The Morgan fingerprint density at radius 1 is 1.07 bits per heavy atom. The van der Waals surface area contributed by atoms with E-state index in [2.05, 4.69) is 17.1 Å². The van der Waals surface area contributed by atoms with Crippen LogP contribution in [0, 0.1) is 11.7 Å². The number of fused-ring (bicyclic) bond motifs is 4. The Morgan fingerprint density at radius 2 is 1.86 bits per heavy atom. The molecule has 3 saturated heterocycles. The minimum Gasteiger partial charge on any atom is -0.350 e. The normalized spacial score (nSPS) is 26.3. The van der Waals surface area contributed by atoms with E-state index in [-0.39, 0.29) is 29.7 Å². The summed E-state index contributed by atoms with van der Waals surface area (Å²) >= 11 is 0. The fraction of sp³-hybridized carbons (Fsp3) is 0.478. The summed E-state index contributed by atoms with van der Waals surface area (Å²) in [4.78, 5) is 33.0. The van der Waals surface area contributed by atoms with Crippen molar-refractivity contribution in [3.63, 3.8) is 0 Å². The predicted molar refractivity (Wildman–Crippen MR) is 109 cm³/mol. The van der Waals surface area contributed by atoms with Gasteiger partial charge in [0.2, 0.25) is 5.91 Å². The quantitative estimate of drug-likeness (QED) is 0.802. The highest BCUT2D eigenvalue weighted by Crippen LogP contribution is 2.32. The number of aromatic nitrogens is 1. The molecule has 2 bridgehead atoms. The van der Waals surface area contributed by atoms with Gasteiger partial charge in [0.05, 0.1) is 0 Å². The third kappa shape index (κ3) is 3.34. The summed E-state index contributed by atoms with van der Waals surface area (Å²) in [5.41, 5.74) is 1.05. The maximum Gasteiger partial charge on any atom is 0.270 e. The molecule has 2 aromatic rings. The molecule has 152 valence electrons. The Labute approximate surface area is 169 Å². The number of nitrogens with zero attached hydrogens (tertiary/aromatic N) is 2. The Bertz CT molecular complexity index is 982. The molecule has 1 aromatic heterocycles. The van der Waals surface area contributed by atoms with Crippen LogP contribution in [0.4, 0.5) is 4.39 Å². The maximum absolute atomic E-state index is 14.0. The van der Waals surface area contributed by atoms with Crippen molar-refractivity contribution in [2.75, 3.05) is 13.1 Å². The number of aromatic amines is 1. The van der Waals surface area contributed by atoms with Gasteiger partial charge in [-0.15, -0.1) is 0 Å². The molecule has 0 radical (unpaired) electrons. The molecule has 2 unspecified atom stereocenters. The lowest BCUT2D eigenvalue weighted by molar-refractivity contribution is -0.141. The van der Waals surface area contributed by atoms with Gasteiger partial charge < -0.3 is 14.8 Å². The zero-order chi connectivity index (χ0) is 20.0. The van der Waals surface area contributed by atoms with Crippen molar-refractivity contribution < 1.29 is 14.0 Å². The SMILES string of the molecule is O=C(C[C@@H]1CC=CCC1)N1CC2CCC1CN2C(=O)c1cc2c(F)cccc2[nH]1. The van der Waals surface area contributed by atoms with Crippen molar-refractivity contribution in [3.05, 3.63) is 47.9 Å². The van der Waals surface area contributed by atoms with E-state index in [0.29, 0.717) is 42.0 Å². The number of halogens is 1. The number of piperidine rings is 2. The summed E-state index contributed by atoms with van der Waals surface area (Å²) < 4.78 is 14.0. The molecule has 3 fully saturated rings. The monoisotopic (exact) mass is 395 g/mol. The van der Waals surface area contributed by atoms with Crippen molar-refractivity contribution in [2.45, 2.75) is 50.6 Å². The number of benzene rings is 1.